The van der Waals surface area contributed by atoms with Gasteiger partial charge in [-0.1, -0.05) is 30.3 Å². The average molecular weight is 381 g/mol. The molecule has 0 unspecified atom stereocenters. The summed E-state index contributed by atoms with van der Waals surface area (Å²) in [5.74, 6) is 0. The van der Waals surface area contributed by atoms with Gasteiger partial charge in [-0.2, -0.15) is 5.10 Å². The van der Waals surface area contributed by atoms with Crippen LogP contribution in [0.5, 0.6) is 0 Å². The number of hydrogen-bond donors (Lipinski definition) is 1. The Morgan fingerprint density at radius 2 is 1.89 bits per heavy atom. The summed E-state index contributed by atoms with van der Waals surface area (Å²) >= 11 is 0. The molecule has 0 amide bonds. The first-order valence-corrected chi connectivity index (χ1v) is 10.1. The van der Waals surface area contributed by atoms with E-state index in [-0.39, 0.29) is 16.5 Å². The lowest BCUT2D eigenvalue weighted by Crippen LogP contribution is -2.36. The molecule has 138 valence electrons. The molecule has 27 heavy (non-hydrogen) atoms. The molecule has 3 aromatic rings. The predicted octanol–water partition coefficient (Wildman–Crippen LogP) is 2.89. The Labute approximate surface area is 157 Å². The maximum atomic E-state index is 13.5. The number of aryl methyl sites for hydroxylation is 1. The van der Waals surface area contributed by atoms with Gasteiger partial charge in [-0.15, -0.1) is 0 Å². The monoisotopic (exact) mass is 381 g/mol. The molecule has 2 aromatic carbocycles. The molecule has 0 fully saturated rings. The number of hydrogen-bond acceptors (Lipinski definition) is 4. The van der Waals surface area contributed by atoms with E-state index in [1.807, 2.05) is 31.2 Å². The number of nitrogens with zero attached hydrogens (tertiary/aromatic N) is 2. The van der Waals surface area contributed by atoms with Crippen molar-refractivity contribution in [3.05, 3.63) is 76.1 Å². The van der Waals surface area contributed by atoms with E-state index in [4.69, 9.17) is 0 Å². The fourth-order valence-electron chi connectivity index (χ4n) is 3.55. The Morgan fingerprint density at radius 3 is 2.63 bits per heavy atom. The number of nitrogens with one attached hydrogen (secondary N) is 1. The fourth-order valence-corrected chi connectivity index (χ4v) is 5.50. The zero-order valence-electron chi connectivity index (χ0n) is 15.0. The second-order valence-electron chi connectivity index (χ2n) is 6.77. The van der Waals surface area contributed by atoms with E-state index >= 15 is 0 Å². The Bertz CT molecular complexity index is 1160. The van der Waals surface area contributed by atoms with Gasteiger partial charge in [-0.3, -0.25) is 9.10 Å². The van der Waals surface area contributed by atoms with Crippen molar-refractivity contribution in [3.63, 3.8) is 0 Å². The molecule has 1 aliphatic heterocycles. The van der Waals surface area contributed by atoms with E-state index in [0.29, 0.717) is 23.2 Å². The van der Waals surface area contributed by atoms with Crippen LogP contribution in [-0.2, 0) is 16.4 Å². The second kappa shape index (κ2) is 6.35. The van der Waals surface area contributed by atoms with Gasteiger partial charge in [0.15, 0.2) is 0 Å². The molecule has 0 saturated heterocycles. The van der Waals surface area contributed by atoms with Gasteiger partial charge in [-0.05, 0) is 49.6 Å². The summed E-state index contributed by atoms with van der Waals surface area (Å²) in [6.07, 6.45) is 0.690. The quantitative estimate of drug-likeness (QED) is 0.756. The summed E-state index contributed by atoms with van der Waals surface area (Å²) in [6, 6.07) is 15.6. The molecule has 4 rings (SSSR count). The first-order valence-electron chi connectivity index (χ1n) is 8.67. The van der Waals surface area contributed by atoms with Crippen LogP contribution >= 0.6 is 0 Å². The van der Waals surface area contributed by atoms with Crippen molar-refractivity contribution < 1.29 is 8.42 Å². The van der Waals surface area contributed by atoms with E-state index in [1.165, 1.54) is 10.4 Å². The zero-order valence-corrected chi connectivity index (χ0v) is 15.8. The van der Waals surface area contributed by atoms with Crippen LogP contribution < -0.4 is 9.86 Å². The van der Waals surface area contributed by atoms with Crippen LogP contribution in [0.15, 0.2) is 64.3 Å². The summed E-state index contributed by atoms with van der Waals surface area (Å²) in [4.78, 5) is 11.5. The number of rotatable bonds is 3. The molecular weight excluding hydrogens is 362 g/mol. The Balaban J connectivity index is 1.84. The molecular formula is C20H19N3O3S. The lowest BCUT2D eigenvalue weighted by molar-refractivity contribution is 0.583. The fraction of sp³-hybridized carbons (Fsp3) is 0.200. The van der Waals surface area contributed by atoms with Gasteiger partial charge in [0.25, 0.3) is 15.6 Å². The number of benzene rings is 2. The second-order valence-corrected chi connectivity index (χ2v) is 8.55. The van der Waals surface area contributed by atoms with Gasteiger partial charge in [0.05, 0.1) is 16.3 Å². The maximum Gasteiger partial charge on any atom is 0.264 e. The summed E-state index contributed by atoms with van der Waals surface area (Å²) in [6.45, 7) is 3.70. The third-order valence-corrected chi connectivity index (χ3v) is 6.91. The maximum absolute atomic E-state index is 13.5. The molecule has 0 saturated carbocycles. The van der Waals surface area contributed by atoms with Crippen molar-refractivity contribution in [2.75, 3.05) is 4.31 Å². The molecule has 6 nitrogen and oxygen atoms in total. The number of aromatic amines is 1. The van der Waals surface area contributed by atoms with Gasteiger partial charge < -0.3 is 0 Å². The Kier molecular flexibility index (Phi) is 4.11. The summed E-state index contributed by atoms with van der Waals surface area (Å²) in [5, 5.41) is 6.38. The van der Waals surface area contributed by atoms with Crippen LogP contribution in [0.3, 0.4) is 0 Å². The summed E-state index contributed by atoms with van der Waals surface area (Å²) in [5.41, 5.74) is 3.28. The lowest BCUT2D eigenvalue weighted by Gasteiger charge is -2.25. The molecule has 1 N–H and O–H groups in total. The third kappa shape index (κ3) is 2.94. The summed E-state index contributed by atoms with van der Waals surface area (Å²) < 4.78 is 28.5. The highest BCUT2D eigenvalue weighted by molar-refractivity contribution is 7.93. The minimum Gasteiger partial charge on any atom is -0.268 e. The number of fused-ring (bicyclic) bond motifs is 1. The molecule has 1 aliphatic rings. The van der Waals surface area contributed by atoms with Crippen molar-refractivity contribution in [2.45, 2.75) is 31.2 Å². The standard InChI is InChI=1S/C20H19N3O3S/c1-13-7-8-15(17-9-10-20(24)22-21-17)12-19(13)27(25,26)23-14(2)11-16-5-3-4-6-18(16)23/h3-10,12,14H,11H2,1-2H3,(H,22,24)/t14-/m0/s1. The number of aromatic nitrogens is 2. The summed E-state index contributed by atoms with van der Waals surface area (Å²) in [7, 11) is -3.74. The van der Waals surface area contributed by atoms with Crippen molar-refractivity contribution in [3.8, 4) is 11.3 Å². The van der Waals surface area contributed by atoms with Crippen LogP contribution in [0.2, 0.25) is 0 Å². The highest BCUT2D eigenvalue weighted by atomic mass is 32.2. The number of para-hydroxylation sites is 1. The topological polar surface area (TPSA) is 83.1 Å². The molecule has 1 atom stereocenters. The SMILES string of the molecule is Cc1ccc(-c2ccc(=O)[nH]n2)cc1S(=O)(=O)N1c2ccccc2C[C@@H]1C. The van der Waals surface area contributed by atoms with Gasteiger partial charge in [0, 0.05) is 17.7 Å². The van der Waals surface area contributed by atoms with Gasteiger partial charge in [0.2, 0.25) is 0 Å². The molecule has 7 heteroatoms. The largest absolute Gasteiger partial charge is 0.268 e. The minimum absolute atomic E-state index is 0.151. The first-order chi connectivity index (χ1) is 12.9. The van der Waals surface area contributed by atoms with Gasteiger partial charge in [0.1, 0.15) is 0 Å². The van der Waals surface area contributed by atoms with E-state index in [9.17, 15) is 13.2 Å². The molecule has 0 spiro atoms. The predicted molar refractivity (Wildman–Crippen MR) is 104 cm³/mol. The number of sulfonamides is 1. The molecule has 0 aliphatic carbocycles. The van der Waals surface area contributed by atoms with Crippen LogP contribution in [-0.4, -0.2) is 24.7 Å². The van der Waals surface area contributed by atoms with Crippen LogP contribution in [0.1, 0.15) is 18.1 Å². The van der Waals surface area contributed by atoms with E-state index in [2.05, 4.69) is 10.2 Å². The average Bonchev–Trinajstić information content (AvgIpc) is 2.99. The van der Waals surface area contributed by atoms with E-state index in [0.717, 1.165) is 11.3 Å². The van der Waals surface area contributed by atoms with E-state index in [1.54, 1.807) is 31.2 Å². The number of H-pyrrole nitrogens is 1. The Morgan fingerprint density at radius 1 is 1.11 bits per heavy atom. The van der Waals surface area contributed by atoms with Crippen LogP contribution in [0, 0.1) is 6.92 Å². The molecule has 1 aromatic heterocycles. The van der Waals surface area contributed by atoms with Gasteiger partial charge in [-0.25, -0.2) is 13.5 Å². The van der Waals surface area contributed by atoms with E-state index < -0.39 is 10.0 Å². The smallest absolute Gasteiger partial charge is 0.264 e. The van der Waals surface area contributed by atoms with Crippen molar-refractivity contribution in [2.24, 2.45) is 0 Å². The lowest BCUT2D eigenvalue weighted by atomic mass is 10.1. The minimum atomic E-state index is -3.74. The van der Waals surface area contributed by atoms with Crippen molar-refractivity contribution in [1.82, 2.24) is 10.2 Å². The first kappa shape index (κ1) is 17.5. The van der Waals surface area contributed by atoms with Crippen LogP contribution in [0.25, 0.3) is 11.3 Å². The van der Waals surface area contributed by atoms with Crippen LogP contribution in [0.4, 0.5) is 5.69 Å². The number of anilines is 1. The Hall–Kier alpha value is -2.93. The van der Waals surface area contributed by atoms with Crippen molar-refractivity contribution >= 4 is 15.7 Å². The zero-order chi connectivity index (χ0) is 19.2. The highest BCUT2D eigenvalue weighted by Gasteiger charge is 2.36. The molecule has 0 bridgehead atoms. The highest BCUT2D eigenvalue weighted by Crippen LogP contribution is 2.37. The molecule has 2 heterocycles. The van der Waals surface area contributed by atoms with Gasteiger partial charge >= 0.3 is 0 Å². The normalized spacial score (nSPS) is 16.4. The molecule has 0 radical (unpaired) electrons. The van der Waals surface area contributed by atoms with Crippen molar-refractivity contribution in [1.29, 1.82) is 0 Å². The third-order valence-electron chi connectivity index (χ3n) is 4.84.